The Bertz CT molecular complexity index is 1710. The van der Waals surface area contributed by atoms with Gasteiger partial charge in [0.2, 0.25) is 44.7 Å². The highest BCUT2D eigenvalue weighted by atomic mass is 28.4. The van der Waals surface area contributed by atoms with Crippen molar-refractivity contribution in [3.63, 3.8) is 0 Å². The molecule has 0 spiro atoms. The zero-order valence-corrected chi connectivity index (χ0v) is 28.3. The van der Waals surface area contributed by atoms with Gasteiger partial charge in [-0.05, 0) is 110 Å². The molecule has 0 aliphatic carbocycles. The molecule has 2 aromatic carbocycles. The molecule has 10 heteroatoms. The highest BCUT2D eigenvalue weighted by molar-refractivity contribution is 6.97. The summed E-state index contributed by atoms with van der Waals surface area (Å²) in [6, 6.07) is 17.6. The van der Waals surface area contributed by atoms with Crippen LogP contribution in [-0.2, 0) is 8.23 Å². The quantitative estimate of drug-likeness (QED) is 0.210. The highest BCUT2D eigenvalue weighted by Crippen LogP contribution is 2.30. The standard InChI is InChI=1S/C30H34N2O4Si4/c1-37(2)19-9-11-27-23(13-19)25-15-21(17-31-29(25)33-27)39(5,6)36-40(7,8)22-16-26-24-14-20(38(3,4)35-37)10-12-28(24)34-30(26)32-18-22/h9-18H,1-8H3. The molecular weight excluding hydrogens is 565 g/mol. The van der Waals surface area contributed by atoms with Gasteiger partial charge < -0.3 is 17.1 Å². The van der Waals surface area contributed by atoms with Crippen molar-refractivity contribution in [3.05, 3.63) is 60.9 Å². The predicted molar refractivity (Wildman–Crippen MR) is 174 cm³/mol. The molecule has 204 valence electrons. The summed E-state index contributed by atoms with van der Waals surface area (Å²) < 4.78 is 26.7. The summed E-state index contributed by atoms with van der Waals surface area (Å²) in [6.07, 6.45) is 3.90. The van der Waals surface area contributed by atoms with E-state index in [0.29, 0.717) is 11.4 Å². The molecule has 0 amide bonds. The number of pyridine rings is 2. The Kier molecular flexibility index (Phi) is 5.43. The van der Waals surface area contributed by atoms with E-state index in [-0.39, 0.29) is 0 Å². The third-order valence-corrected chi connectivity index (χ3v) is 23.4. The molecule has 5 heterocycles. The van der Waals surface area contributed by atoms with E-state index in [1.54, 1.807) is 0 Å². The van der Waals surface area contributed by atoms with Crippen LogP contribution in [0.25, 0.3) is 44.1 Å². The normalized spacial score (nSPS) is 19.6. The summed E-state index contributed by atoms with van der Waals surface area (Å²) in [4.78, 5) is 9.54. The molecule has 0 unspecified atom stereocenters. The molecule has 7 rings (SSSR count). The van der Waals surface area contributed by atoms with E-state index in [2.05, 4.69) is 101 Å². The van der Waals surface area contributed by atoms with Crippen molar-refractivity contribution in [2.75, 3.05) is 0 Å². The summed E-state index contributed by atoms with van der Waals surface area (Å²) in [5.41, 5.74) is 3.03. The van der Waals surface area contributed by atoms with Gasteiger partial charge >= 0.3 is 0 Å². The maximum atomic E-state index is 7.20. The Balaban J connectivity index is 1.51. The van der Waals surface area contributed by atoms with E-state index in [0.717, 1.165) is 43.1 Å². The summed E-state index contributed by atoms with van der Waals surface area (Å²) in [7, 11) is -9.29. The number of furan rings is 2. The lowest BCUT2D eigenvalue weighted by molar-refractivity contribution is 0.572. The first-order valence-corrected chi connectivity index (χ1v) is 25.4. The van der Waals surface area contributed by atoms with Crippen molar-refractivity contribution in [3.8, 4) is 0 Å². The molecule has 6 aromatic rings. The van der Waals surface area contributed by atoms with Crippen LogP contribution in [0.1, 0.15) is 0 Å². The van der Waals surface area contributed by atoms with Gasteiger partial charge in [0.15, 0.2) is 0 Å². The van der Waals surface area contributed by atoms with Crippen molar-refractivity contribution in [2.45, 2.75) is 52.4 Å². The molecule has 0 saturated heterocycles. The van der Waals surface area contributed by atoms with Crippen LogP contribution in [0.5, 0.6) is 0 Å². The van der Waals surface area contributed by atoms with Crippen molar-refractivity contribution in [1.82, 2.24) is 9.97 Å². The first-order valence-electron chi connectivity index (χ1n) is 13.8. The van der Waals surface area contributed by atoms with E-state index in [9.17, 15) is 0 Å². The van der Waals surface area contributed by atoms with Gasteiger partial charge in [0.25, 0.3) is 0 Å². The molecule has 0 atom stereocenters. The van der Waals surface area contributed by atoms with Crippen LogP contribution >= 0.6 is 0 Å². The van der Waals surface area contributed by atoms with Crippen LogP contribution in [0.4, 0.5) is 0 Å². The van der Waals surface area contributed by atoms with Gasteiger partial charge in [-0.25, -0.2) is 9.97 Å². The van der Waals surface area contributed by atoms with Gasteiger partial charge in [-0.2, -0.15) is 0 Å². The van der Waals surface area contributed by atoms with Crippen molar-refractivity contribution < 1.29 is 17.1 Å². The minimum absolute atomic E-state index is 0.664. The molecule has 0 fully saturated rings. The van der Waals surface area contributed by atoms with E-state index < -0.39 is 33.3 Å². The Morgan fingerprint density at radius 1 is 0.450 bits per heavy atom. The van der Waals surface area contributed by atoms with Crippen molar-refractivity contribution in [1.29, 1.82) is 0 Å². The molecule has 0 N–H and O–H groups in total. The average Bonchev–Trinajstić information content (AvgIpc) is 3.43. The van der Waals surface area contributed by atoms with E-state index in [1.807, 2.05) is 12.4 Å². The third-order valence-electron chi connectivity index (χ3n) is 8.46. The molecule has 4 aromatic heterocycles. The van der Waals surface area contributed by atoms with Crippen LogP contribution in [-0.4, -0.2) is 43.2 Å². The van der Waals surface area contributed by atoms with Crippen LogP contribution in [0.3, 0.4) is 0 Å². The van der Waals surface area contributed by atoms with E-state index >= 15 is 0 Å². The summed E-state index contributed by atoms with van der Waals surface area (Å²) in [5, 5.41) is 9.07. The van der Waals surface area contributed by atoms with Gasteiger partial charge in [0, 0.05) is 33.9 Å². The number of benzene rings is 2. The van der Waals surface area contributed by atoms with E-state index in [1.165, 1.54) is 10.4 Å². The highest BCUT2D eigenvalue weighted by Gasteiger charge is 2.39. The molecule has 0 saturated carbocycles. The molecule has 1 aliphatic heterocycles. The lowest BCUT2D eigenvalue weighted by Gasteiger charge is -2.35. The van der Waals surface area contributed by atoms with E-state index in [4.69, 9.17) is 27.0 Å². The fourth-order valence-electron chi connectivity index (χ4n) is 6.24. The Morgan fingerprint density at radius 3 is 1.20 bits per heavy atom. The predicted octanol–water partition coefficient (Wildman–Crippen LogP) is 5.67. The molecule has 1 aliphatic rings. The summed E-state index contributed by atoms with van der Waals surface area (Å²) in [6.45, 7) is 18.2. The lowest BCUT2D eigenvalue weighted by Crippen LogP contribution is -2.58. The number of aromatic nitrogens is 2. The second-order valence-corrected chi connectivity index (χ2v) is 29.0. The smallest absolute Gasteiger partial charge is 0.227 e. The molecule has 0 radical (unpaired) electrons. The van der Waals surface area contributed by atoms with Crippen LogP contribution in [0.15, 0.2) is 69.8 Å². The first kappa shape index (κ1) is 26.1. The third kappa shape index (κ3) is 4.00. The fraction of sp³-hybridized carbons (Fsp3) is 0.267. The topological polar surface area (TPSA) is 70.5 Å². The number of fused-ring (bicyclic) bond motifs is 4. The lowest BCUT2D eigenvalue weighted by atomic mass is 10.2. The van der Waals surface area contributed by atoms with Gasteiger partial charge in [-0.15, -0.1) is 0 Å². The monoisotopic (exact) mass is 598 g/mol. The Hall–Kier alpha value is -2.87. The number of hydrogen-bond acceptors (Lipinski definition) is 6. The maximum Gasteiger partial charge on any atom is 0.227 e. The second-order valence-electron chi connectivity index (χ2n) is 13.0. The largest absolute Gasteiger partial charge is 0.449 e. The van der Waals surface area contributed by atoms with Crippen molar-refractivity contribution >= 4 is 98.2 Å². The maximum absolute atomic E-state index is 7.20. The Morgan fingerprint density at radius 2 is 0.800 bits per heavy atom. The number of hydrogen-bond donors (Lipinski definition) is 0. The average molecular weight is 599 g/mol. The molecule has 40 heavy (non-hydrogen) atoms. The second kappa shape index (κ2) is 8.34. The summed E-state index contributed by atoms with van der Waals surface area (Å²) >= 11 is 0. The zero-order valence-electron chi connectivity index (χ0n) is 24.3. The zero-order chi connectivity index (χ0) is 28.2. The molecular formula is C30H34N2O4Si4. The fourth-order valence-corrected chi connectivity index (χ4v) is 22.0. The van der Waals surface area contributed by atoms with Gasteiger partial charge in [-0.1, -0.05) is 12.1 Å². The first-order chi connectivity index (χ1) is 18.7. The van der Waals surface area contributed by atoms with Crippen LogP contribution < -0.4 is 20.7 Å². The number of nitrogens with zero attached hydrogens (tertiary/aromatic N) is 2. The number of rotatable bonds is 0. The van der Waals surface area contributed by atoms with Crippen LogP contribution in [0, 0.1) is 0 Å². The van der Waals surface area contributed by atoms with Gasteiger partial charge in [-0.3, -0.25) is 0 Å². The minimum atomic E-state index is -2.35. The minimum Gasteiger partial charge on any atom is -0.449 e. The van der Waals surface area contributed by atoms with Crippen molar-refractivity contribution in [2.24, 2.45) is 0 Å². The van der Waals surface area contributed by atoms with Gasteiger partial charge in [0.05, 0.1) is 0 Å². The van der Waals surface area contributed by atoms with Crippen LogP contribution in [0.2, 0.25) is 52.4 Å². The van der Waals surface area contributed by atoms with Gasteiger partial charge in [0.1, 0.15) is 11.2 Å². The summed E-state index contributed by atoms with van der Waals surface area (Å²) in [5.74, 6) is 0. The SMILES string of the molecule is C[Si]1(C)O[Si](C)(C)c2ccc3oc4ncc(cc4c3c2)[Si](C)(C)O[Si](C)(C)c2cnc3oc4ccc1cc4c3c2. The molecule has 6 nitrogen and oxygen atoms in total. The Labute approximate surface area is 237 Å². The molecule has 8 bridgehead atoms.